The molecule has 1 N–H and O–H groups in total. The lowest BCUT2D eigenvalue weighted by Crippen LogP contribution is -2.15. The zero-order valence-electron chi connectivity index (χ0n) is 11.0. The normalized spacial score (nSPS) is 11.5. The van der Waals surface area contributed by atoms with Crippen LogP contribution >= 0.6 is 23.2 Å². The maximum Gasteiger partial charge on any atom is 0.279 e. The van der Waals surface area contributed by atoms with Crippen LogP contribution in [0, 0.1) is 5.82 Å². The summed E-state index contributed by atoms with van der Waals surface area (Å²) in [5.74, 6) is -1.82. The molecular weight excluding hydrogens is 358 g/mol. The molecule has 7 nitrogen and oxygen atoms in total. The standard InChI is InChI=1S/C11H9Cl2FN4O3S/c1-22(20,21)5-18-16-9(10(13)17-18)11(19)15-8-3-2-6(14)4-7(8)12/h2-4H,5H2,1H3,(H,15,19). The van der Waals surface area contributed by atoms with E-state index in [1.54, 1.807) is 0 Å². The van der Waals surface area contributed by atoms with Crippen LogP contribution in [0.1, 0.15) is 10.5 Å². The minimum atomic E-state index is -3.39. The molecule has 0 spiro atoms. The van der Waals surface area contributed by atoms with E-state index in [1.165, 1.54) is 6.07 Å². The maximum absolute atomic E-state index is 12.9. The highest BCUT2D eigenvalue weighted by atomic mass is 35.5. The molecule has 0 unspecified atom stereocenters. The van der Waals surface area contributed by atoms with Crippen LogP contribution in [0.4, 0.5) is 10.1 Å². The van der Waals surface area contributed by atoms with Gasteiger partial charge in [-0.2, -0.15) is 4.80 Å². The SMILES string of the molecule is CS(=O)(=O)Cn1nc(Cl)c(C(=O)Nc2ccc(F)cc2Cl)n1. The summed E-state index contributed by atoms with van der Waals surface area (Å²) in [4.78, 5) is 12.8. The van der Waals surface area contributed by atoms with Crippen molar-refractivity contribution in [3.05, 3.63) is 39.9 Å². The van der Waals surface area contributed by atoms with Gasteiger partial charge in [0.1, 0.15) is 5.82 Å². The van der Waals surface area contributed by atoms with Gasteiger partial charge >= 0.3 is 0 Å². The number of carbonyl (C=O) groups excluding carboxylic acids is 1. The Bertz CT molecular complexity index is 838. The van der Waals surface area contributed by atoms with Crippen molar-refractivity contribution in [2.75, 3.05) is 11.6 Å². The summed E-state index contributed by atoms with van der Waals surface area (Å²) in [6, 6.07) is 3.41. The van der Waals surface area contributed by atoms with Crippen LogP contribution in [-0.2, 0) is 15.7 Å². The van der Waals surface area contributed by atoms with Crippen molar-refractivity contribution in [1.82, 2.24) is 15.0 Å². The van der Waals surface area contributed by atoms with Crippen LogP contribution in [0.25, 0.3) is 0 Å². The van der Waals surface area contributed by atoms with Gasteiger partial charge in [0.05, 0.1) is 10.7 Å². The largest absolute Gasteiger partial charge is 0.319 e. The van der Waals surface area contributed by atoms with E-state index >= 15 is 0 Å². The Morgan fingerprint density at radius 1 is 1.36 bits per heavy atom. The number of anilines is 1. The first-order valence-electron chi connectivity index (χ1n) is 5.70. The highest BCUT2D eigenvalue weighted by Crippen LogP contribution is 2.23. The fourth-order valence-corrected chi connectivity index (χ4v) is 2.47. The highest BCUT2D eigenvalue weighted by Gasteiger charge is 2.19. The number of sulfone groups is 1. The fourth-order valence-electron chi connectivity index (χ4n) is 1.51. The van der Waals surface area contributed by atoms with Crippen LogP contribution < -0.4 is 5.32 Å². The molecular formula is C11H9Cl2FN4O3S. The lowest BCUT2D eigenvalue weighted by atomic mass is 10.3. The molecule has 0 fully saturated rings. The van der Waals surface area contributed by atoms with E-state index in [0.717, 1.165) is 23.2 Å². The first-order chi connectivity index (χ1) is 10.2. The molecule has 0 aliphatic rings. The number of halogens is 3. The van der Waals surface area contributed by atoms with Crippen molar-refractivity contribution < 1.29 is 17.6 Å². The molecule has 1 aromatic heterocycles. The van der Waals surface area contributed by atoms with Crippen LogP contribution in [0.15, 0.2) is 18.2 Å². The summed E-state index contributed by atoms with van der Waals surface area (Å²) in [6.45, 7) is 0. The molecule has 1 aromatic carbocycles. The average Bonchev–Trinajstić information content (AvgIpc) is 2.71. The predicted octanol–water partition coefficient (Wildman–Crippen LogP) is 1.98. The zero-order valence-corrected chi connectivity index (χ0v) is 13.4. The second-order valence-electron chi connectivity index (χ2n) is 4.34. The summed E-state index contributed by atoms with van der Waals surface area (Å²) in [7, 11) is -3.39. The first kappa shape index (κ1) is 16.7. The molecule has 0 atom stereocenters. The molecule has 0 saturated carbocycles. The number of benzene rings is 1. The van der Waals surface area contributed by atoms with Crippen LogP contribution in [0.5, 0.6) is 0 Å². The lowest BCUT2D eigenvalue weighted by molar-refractivity contribution is 0.102. The van der Waals surface area contributed by atoms with E-state index in [-0.39, 0.29) is 21.6 Å². The van der Waals surface area contributed by atoms with E-state index < -0.39 is 27.4 Å². The quantitative estimate of drug-likeness (QED) is 0.892. The van der Waals surface area contributed by atoms with Crippen molar-refractivity contribution in [3.8, 4) is 0 Å². The van der Waals surface area contributed by atoms with Gasteiger partial charge in [-0.3, -0.25) is 4.79 Å². The van der Waals surface area contributed by atoms with Gasteiger partial charge in [-0.05, 0) is 18.2 Å². The maximum atomic E-state index is 12.9. The van der Waals surface area contributed by atoms with Gasteiger partial charge in [-0.25, -0.2) is 12.8 Å². The molecule has 0 radical (unpaired) electrons. The summed E-state index contributed by atoms with van der Waals surface area (Å²) in [6.07, 6.45) is 0.988. The monoisotopic (exact) mass is 366 g/mol. The summed E-state index contributed by atoms with van der Waals surface area (Å²) in [5, 5.41) is 9.45. The van der Waals surface area contributed by atoms with Gasteiger partial charge in [0.2, 0.25) is 0 Å². The summed E-state index contributed by atoms with van der Waals surface area (Å²) < 4.78 is 35.3. The third kappa shape index (κ3) is 4.15. The number of hydrogen-bond acceptors (Lipinski definition) is 5. The molecule has 22 heavy (non-hydrogen) atoms. The Labute approximate surface area is 134 Å². The van der Waals surface area contributed by atoms with E-state index in [0.29, 0.717) is 0 Å². The third-order valence-electron chi connectivity index (χ3n) is 2.36. The van der Waals surface area contributed by atoms with Gasteiger partial charge in [-0.1, -0.05) is 23.2 Å². The molecule has 1 heterocycles. The topological polar surface area (TPSA) is 94.0 Å². The van der Waals surface area contributed by atoms with Crippen molar-refractivity contribution in [2.45, 2.75) is 5.88 Å². The Hall–Kier alpha value is -1.71. The lowest BCUT2D eigenvalue weighted by Gasteiger charge is -2.05. The van der Waals surface area contributed by atoms with Crippen LogP contribution in [-0.4, -0.2) is 35.6 Å². The predicted molar refractivity (Wildman–Crippen MR) is 79.2 cm³/mol. The number of rotatable bonds is 4. The summed E-state index contributed by atoms with van der Waals surface area (Å²) in [5.41, 5.74) is -0.118. The van der Waals surface area contributed by atoms with Crippen molar-refractivity contribution >= 4 is 44.6 Å². The number of aromatic nitrogens is 3. The van der Waals surface area contributed by atoms with Crippen molar-refractivity contribution in [2.24, 2.45) is 0 Å². The molecule has 118 valence electrons. The Morgan fingerprint density at radius 2 is 2.05 bits per heavy atom. The van der Waals surface area contributed by atoms with Gasteiger partial charge < -0.3 is 5.32 Å². The van der Waals surface area contributed by atoms with E-state index in [9.17, 15) is 17.6 Å². The minimum Gasteiger partial charge on any atom is -0.319 e. The first-order valence-corrected chi connectivity index (χ1v) is 8.52. The zero-order chi connectivity index (χ0) is 16.5. The van der Waals surface area contributed by atoms with E-state index in [2.05, 4.69) is 15.5 Å². The third-order valence-corrected chi connectivity index (χ3v) is 3.63. The molecule has 11 heteroatoms. The Kier molecular flexibility index (Phi) is 4.69. The molecule has 2 aromatic rings. The van der Waals surface area contributed by atoms with E-state index in [1.807, 2.05) is 0 Å². The number of amides is 1. The molecule has 1 amide bonds. The van der Waals surface area contributed by atoms with Gasteiger partial charge in [-0.15, -0.1) is 10.2 Å². The number of nitrogens with one attached hydrogen (secondary N) is 1. The van der Waals surface area contributed by atoms with Crippen molar-refractivity contribution in [3.63, 3.8) is 0 Å². The smallest absolute Gasteiger partial charge is 0.279 e. The van der Waals surface area contributed by atoms with Gasteiger partial charge in [0, 0.05) is 6.26 Å². The average molecular weight is 367 g/mol. The number of hydrogen-bond donors (Lipinski definition) is 1. The van der Waals surface area contributed by atoms with Gasteiger partial charge in [0.25, 0.3) is 5.91 Å². The van der Waals surface area contributed by atoms with Gasteiger partial charge in [0.15, 0.2) is 26.6 Å². The Morgan fingerprint density at radius 3 is 2.64 bits per heavy atom. The number of carbonyl (C=O) groups is 1. The Balaban J connectivity index is 2.23. The molecule has 0 bridgehead atoms. The van der Waals surface area contributed by atoms with E-state index in [4.69, 9.17) is 23.2 Å². The molecule has 0 saturated heterocycles. The highest BCUT2D eigenvalue weighted by molar-refractivity contribution is 7.89. The molecule has 0 aliphatic carbocycles. The molecule has 0 aliphatic heterocycles. The second kappa shape index (κ2) is 6.19. The van der Waals surface area contributed by atoms with Crippen LogP contribution in [0.3, 0.4) is 0 Å². The number of nitrogens with zero attached hydrogens (tertiary/aromatic N) is 3. The van der Waals surface area contributed by atoms with Crippen LogP contribution in [0.2, 0.25) is 10.2 Å². The minimum absolute atomic E-state index is 0.00648. The summed E-state index contributed by atoms with van der Waals surface area (Å²) >= 11 is 11.5. The fraction of sp³-hybridized carbons (Fsp3) is 0.182. The van der Waals surface area contributed by atoms with Crippen molar-refractivity contribution in [1.29, 1.82) is 0 Å². The second-order valence-corrected chi connectivity index (χ2v) is 7.22. The molecule has 2 rings (SSSR count).